The van der Waals surface area contributed by atoms with Crippen LogP contribution in [0.2, 0.25) is 0 Å². The van der Waals surface area contributed by atoms with Crippen LogP contribution in [0.5, 0.6) is 0 Å². The van der Waals surface area contributed by atoms with Gasteiger partial charge in [0.25, 0.3) is 0 Å². The number of rotatable bonds is 25. The molecule has 0 aromatic heterocycles. The maximum absolute atomic E-state index is 13.5. The van der Waals surface area contributed by atoms with Crippen molar-refractivity contribution in [2.45, 2.75) is 102 Å². The third kappa shape index (κ3) is 19.3. The normalized spacial score (nSPS) is 14.0. The number of carbonyl (C=O) groups excluding carboxylic acids is 5. The van der Waals surface area contributed by atoms with Gasteiger partial charge in [0.05, 0.1) is 0 Å². The predicted molar refractivity (Wildman–Crippen MR) is 176 cm³/mol. The van der Waals surface area contributed by atoms with E-state index in [1.54, 1.807) is 6.92 Å². The van der Waals surface area contributed by atoms with Crippen LogP contribution < -0.4 is 60.6 Å². The molecular weight excluding hydrogens is 598 g/mol. The fourth-order valence-electron chi connectivity index (χ4n) is 4.36. The van der Waals surface area contributed by atoms with Gasteiger partial charge in [-0.05, 0) is 77.8 Å². The van der Waals surface area contributed by atoms with Crippen LogP contribution in [0.4, 0.5) is 0 Å². The minimum Gasteiger partial charge on any atom is -0.370 e. The van der Waals surface area contributed by atoms with Gasteiger partial charge < -0.3 is 60.6 Å². The van der Waals surface area contributed by atoms with Crippen molar-refractivity contribution in [3.8, 4) is 0 Å². The summed E-state index contributed by atoms with van der Waals surface area (Å²) in [5.41, 5.74) is 27.2. The highest BCUT2D eigenvalue weighted by molar-refractivity contribution is 5.95. The van der Waals surface area contributed by atoms with E-state index in [0.29, 0.717) is 58.3 Å². The average Bonchev–Trinajstić information content (AvgIpc) is 2.98. The van der Waals surface area contributed by atoms with Crippen molar-refractivity contribution < 1.29 is 24.0 Å². The highest BCUT2D eigenvalue weighted by Crippen LogP contribution is 2.10. The Bertz CT molecular complexity index is 997. The summed E-state index contributed by atoms with van der Waals surface area (Å²) in [6.45, 7) is 4.68. The van der Waals surface area contributed by atoms with E-state index < -0.39 is 47.8 Å². The molecule has 0 radical (unpaired) electrons. The van der Waals surface area contributed by atoms with Gasteiger partial charge in [0, 0.05) is 19.0 Å². The quantitative estimate of drug-likeness (QED) is 0.0264. The van der Waals surface area contributed by atoms with E-state index in [1.165, 1.54) is 6.92 Å². The first-order valence-electron chi connectivity index (χ1n) is 15.8. The zero-order valence-corrected chi connectivity index (χ0v) is 27.2. The van der Waals surface area contributed by atoms with Crippen LogP contribution in [0.3, 0.4) is 0 Å². The molecule has 0 heterocycles. The fourth-order valence-corrected chi connectivity index (χ4v) is 4.36. The van der Waals surface area contributed by atoms with Crippen molar-refractivity contribution >= 4 is 41.5 Å². The number of unbranched alkanes of at least 4 members (excludes halogenated alkanes) is 2. The largest absolute Gasteiger partial charge is 0.370 e. The van der Waals surface area contributed by atoms with Gasteiger partial charge in [-0.15, -0.1) is 0 Å². The predicted octanol–water partition coefficient (Wildman–Crippen LogP) is -3.15. The van der Waals surface area contributed by atoms with E-state index in [0.717, 1.165) is 12.8 Å². The summed E-state index contributed by atoms with van der Waals surface area (Å²) in [5.74, 6) is -3.76. The monoisotopic (exact) mass is 655 g/mol. The van der Waals surface area contributed by atoms with E-state index in [2.05, 4.69) is 31.9 Å². The number of guanidine groups is 2. The minimum atomic E-state index is -1.08. The van der Waals surface area contributed by atoms with E-state index in [9.17, 15) is 24.0 Å². The van der Waals surface area contributed by atoms with Crippen LogP contribution in [-0.2, 0) is 24.0 Å². The molecule has 0 aromatic carbocycles. The fraction of sp³-hybridized carbons (Fsp3) is 0.750. The van der Waals surface area contributed by atoms with E-state index in [1.807, 2.05) is 0 Å². The van der Waals surface area contributed by atoms with Crippen LogP contribution in [-0.4, -0.2) is 91.8 Å². The zero-order valence-electron chi connectivity index (χ0n) is 27.2. The number of nitrogens with one attached hydrogen (secondary N) is 8. The molecule has 0 unspecified atom stereocenters. The molecule has 264 valence electrons. The Morgan fingerprint density at radius 3 is 1.43 bits per heavy atom. The lowest BCUT2D eigenvalue weighted by Gasteiger charge is -2.26. The topological polar surface area (TPSA) is 335 Å². The van der Waals surface area contributed by atoms with E-state index in [4.69, 9.17) is 39.5 Å². The second kappa shape index (κ2) is 24.1. The molecule has 46 heavy (non-hydrogen) atoms. The first-order valence-corrected chi connectivity index (χ1v) is 15.8. The van der Waals surface area contributed by atoms with Crippen molar-refractivity contribution in [2.24, 2.45) is 34.6 Å². The van der Waals surface area contributed by atoms with Gasteiger partial charge in [-0.1, -0.05) is 13.3 Å². The molecule has 5 atom stereocenters. The Morgan fingerprint density at radius 2 is 0.957 bits per heavy atom. The lowest BCUT2D eigenvalue weighted by Crippen LogP contribution is -2.57. The lowest BCUT2D eigenvalue weighted by molar-refractivity contribution is -0.134. The summed E-state index contributed by atoms with van der Waals surface area (Å²) in [4.78, 5) is 64.4. The molecule has 0 aliphatic carbocycles. The van der Waals surface area contributed by atoms with Gasteiger partial charge in [-0.2, -0.15) is 0 Å². The second-order valence-electron chi connectivity index (χ2n) is 11.3. The Balaban J connectivity index is 5.57. The van der Waals surface area contributed by atoms with Gasteiger partial charge in [-0.25, -0.2) is 0 Å². The maximum atomic E-state index is 13.5. The summed E-state index contributed by atoms with van der Waals surface area (Å²) < 4.78 is 0. The van der Waals surface area contributed by atoms with Gasteiger partial charge in [0.1, 0.15) is 24.2 Å². The Labute approximate surface area is 271 Å². The van der Waals surface area contributed by atoms with Gasteiger partial charge in [0.2, 0.25) is 29.5 Å². The molecule has 0 rings (SSSR count). The third-order valence-electron chi connectivity index (χ3n) is 7.13. The molecule has 0 aliphatic rings. The Hall–Kier alpha value is -4.19. The second-order valence-corrected chi connectivity index (χ2v) is 11.3. The Kier molecular flexibility index (Phi) is 21.9. The zero-order chi connectivity index (χ0) is 35.1. The van der Waals surface area contributed by atoms with Gasteiger partial charge >= 0.3 is 0 Å². The SMILES string of the molecule is C[C@H](NC(=O)[C@H](CCCCN)NC(=O)[C@H](CCCNC(=N)N)NC(=O)[C@@H](C)CCCCN)C(=O)N[C@@H](CCCNC(=N)N)C(N)=O. The summed E-state index contributed by atoms with van der Waals surface area (Å²) >= 11 is 0. The smallest absolute Gasteiger partial charge is 0.243 e. The first-order chi connectivity index (χ1) is 21.7. The lowest BCUT2D eigenvalue weighted by atomic mass is 10.0. The van der Waals surface area contributed by atoms with Gasteiger partial charge in [-0.3, -0.25) is 34.8 Å². The summed E-state index contributed by atoms with van der Waals surface area (Å²) in [6, 6.07) is -4.12. The Morgan fingerprint density at radius 1 is 0.543 bits per heavy atom. The van der Waals surface area contributed by atoms with Gasteiger partial charge in [0.15, 0.2) is 11.9 Å². The van der Waals surface area contributed by atoms with Crippen molar-refractivity contribution in [3.63, 3.8) is 0 Å². The molecule has 0 saturated carbocycles. The summed E-state index contributed by atoms with van der Waals surface area (Å²) in [6.07, 6.45) is 4.62. The molecule has 0 aromatic rings. The van der Waals surface area contributed by atoms with Crippen LogP contribution in [0.15, 0.2) is 0 Å². The van der Waals surface area contributed by atoms with Crippen LogP contribution in [0, 0.1) is 16.7 Å². The van der Waals surface area contributed by atoms with E-state index >= 15 is 0 Å². The molecule has 0 spiro atoms. The summed E-state index contributed by atoms with van der Waals surface area (Å²) in [5, 5.41) is 30.4. The molecule has 18 nitrogen and oxygen atoms in total. The van der Waals surface area contributed by atoms with Crippen LogP contribution in [0.1, 0.15) is 78.1 Å². The molecule has 18 N–H and O–H groups in total. The molecule has 0 aliphatic heterocycles. The third-order valence-corrected chi connectivity index (χ3v) is 7.13. The number of nitrogens with two attached hydrogens (primary N) is 5. The number of carbonyl (C=O) groups is 5. The molecule has 0 fully saturated rings. The van der Waals surface area contributed by atoms with Crippen molar-refractivity contribution in [1.29, 1.82) is 10.8 Å². The highest BCUT2D eigenvalue weighted by Gasteiger charge is 2.30. The molecule has 18 heteroatoms. The van der Waals surface area contributed by atoms with Crippen molar-refractivity contribution in [2.75, 3.05) is 26.2 Å². The number of primary amides is 1. The van der Waals surface area contributed by atoms with Crippen molar-refractivity contribution in [1.82, 2.24) is 31.9 Å². The molecular formula is C28H57N13O5. The molecule has 5 amide bonds. The molecule has 0 bridgehead atoms. The summed E-state index contributed by atoms with van der Waals surface area (Å²) in [7, 11) is 0. The van der Waals surface area contributed by atoms with Crippen molar-refractivity contribution in [3.05, 3.63) is 0 Å². The number of hydrogen-bond donors (Lipinski definition) is 13. The van der Waals surface area contributed by atoms with Crippen LogP contribution >= 0.6 is 0 Å². The molecule has 0 saturated heterocycles. The van der Waals surface area contributed by atoms with E-state index in [-0.39, 0.29) is 43.0 Å². The first kappa shape index (κ1) is 41.8. The van der Waals surface area contributed by atoms with Crippen LogP contribution in [0.25, 0.3) is 0 Å². The minimum absolute atomic E-state index is 0.181. The standard InChI is InChI=1S/C28H57N13O5/c1-17(9-3-5-13-29)23(43)40-21(12-8-16-37-28(34)35)26(46)41-20(10-4-6-14-30)25(45)38-18(2)24(44)39-19(22(31)42)11-7-15-36-27(32)33/h17-21H,3-16,29-30H2,1-2H3,(H2,31,42)(H,38,45)(H,39,44)(H,40,43)(H,41,46)(H4,32,33,36)(H4,34,35,37)/t17-,18-,19-,20-,21-/m0/s1. The average molecular weight is 656 g/mol. The number of hydrogen-bond acceptors (Lipinski definition) is 9. The highest BCUT2D eigenvalue weighted by atomic mass is 16.2. The maximum Gasteiger partial charge on any atom is 0.243 e. The number of amides is 5.